The second-order valence-electron chi connectivity index (χ2n) is 7.28. The molecule has 27 heavy (non-hydrogen) atoms. The van der Waals surface area contributed by atoms with Gasteiger partial charge in [-0.1, -0.05) is 32.0 Å². The highest BCUT2D eigenvalue weighted by Crippen LogP contribution is 2.20. The third-order valence-corrected chi connectivity index (χ3v) is 4.49. The van der Waals surface area contributed by atoms with Gasteiger partial charge in [-0.05, 0) is 37.8 Å². The Morgan fingerprint density at radius 3 is 2.33 bits per heavy atom. The Labute approximate surface area is 160 Å². The van der Waals surface area contributed by atoms with Crippen molar-refractivity contribution < 1.29 is 19.1 Å². The van der Waals surface area contributed by atoms with Crippen LogP contribution in [-0.4, -0.2) is 48.5 Å². The van der Waals surface area contributed by atoms with Gasteiger partial charge in [0.25, 0.3) is 5.91 Å². The minimum absolute atomic E-state index is 0.172. The molecule has 3 amide bonds. The van der Waals surface area contributed by atoms with Crippen LogP contribution in [0.15, 0.2) is 30.3 Å². The number of likely N-dealkylation sites (tertiary alicyclic amines) is 1. The molecule has 1 heterocycles. The van der Waals surface area contributed by atoms with Gasteiger partial charge in [-0.15, -0.1) is 0 Å². The highest BCUT2D eigenvalue weighted by Gasteiger charge is 2.30. The van der Waals surface area contributed by atoms with Crippen LogP contribution in [0, 0.1) is 11.8 Å². The van der Waals surface area contributed by atoms with E-state index >= 15 is 0 Å². The van der Waals surface area contributed by atoms with Crippen molar-refractivity contribution in [1.82, 2.24) is 10.2 Å². The summed E-state index contributed by atoms with van der Waals surface area (Å²) in [5.41, 5.74) is 0.741. The van der Waals surface area contributed by atoms with Crippen molar-refractivity contribution in [2.24, 2.45) is 11.8 Å². The van der Waals surface area contributed by atoms with Gasteiger partial charge in [-0.2, -0.15) is 0 Å². The zero-order valence-corrected chi connectivity index (χ0v) is 16.2. The van der Waals surface area contributed by atoms with Gasteiger partial charge in [-0.25, -0.2) is 4.79 Å². The Bertz CT molecular complexity index is 640. The first-order chi connectivity index (χ1) is 12.9. The van der Waals surface area contributed by atoms with Crippen LogP contribution >= 0.6 is 0 Å². The fourth-order valence-corrected chi connectivity index (χ4v) is 2.81. The molecule has 1 atom stereocenters. The van der Waals surface area contributed by atoms with Gasteiger partial charge in [0, 0.05) is 25.3 Å². The van der Waals surface area contributed by atoms with E-state index in [1.165, 1.54) is 0 Å². The van der Waals surface area contributed by atoms with Crippen molar-refractivity contribution in [1.29, 1.82) is 0 Å². The largest absolute Gasteiger partial charge is 0.452 e. The standard InChI is InChI=1S/C20H29N3O4/c1-14(2)13-21-18(24)15(3)27-19(25)16-9-11-23(12-10-16)20(26)22-17-7-5-4-6-8-17/h4-8,14-16H,9-13H2,1-3H3,(H,21,24)(H,22,26)/t15-/m1/s1. The number of carbonyl (C=O) groups is 3. The Hall–Kier alpha value is -2.57. The Balaban J connectivity index is 1.75. The number of amides is 3. The third-order valence-electron chi connectivity index (χ3n) is 4.49. The van der Waals surface area contributed by atoms with E-state index in [0.717, 1.165) is 5.69 Å². The molecule has 1 fully saturated rings. The SMILES string of the molecule is CC(C)CNC(=O)[C@@H](C)OC(=O)C1CCN(C(=O)Nc2ccccc2)CC1. The van der Waals surface area contributed by atoms with Crippen molar-refractivity contribution in [3.05, 3.63) is 30.3 Å². The van der Waals surface area contributed by atoms with Crippen molar-refractivity contribution in [3.8, 4) is 0 Å². The highest BCUT2D eigenvalue weighted by atomic mass is 16.5. The lowest BCUT2D eigenvalue weighted by Crippen LogP contribution is -2.44. The first-order valence-corrected chi connectivity index (χ1v) is 9.46. The zero-order valence-electron chi connectivity index (χ0n) is 16.2. The maximum absolute atomic E-state index is 12.3. The van der Waals surface area contributed by atoms with Crippen molar-refractivity contribution >= 4 is 23.6 Å². The summed E-state index contributed by atoms with van der Waals surface area (Å²) in [4.78, 5) is 38.2. The number of hydrogen-bond donors (Lipinski definition) is 2. The molecule has 148 valence electrons. The summed E-state index contributed by atoms with van der Waals surface area (Å²) < 4.78 is 5.31. The number of urea groups is 1. The van der Waals surface area contributed by atoms with E-state index in [9.17, 15) is 14.4 Å². The predicted octanol–water partition coefficient (Wildman–Crippen LogP) is 2.63. The summed E-state index contributed by atoms with van der Waals surface area (Å²) in [6.45, 7) is 7.09. The summed E-state index contributed by atoms with van der Waals surface area (Å²) >= 11 is 0. The van der Waals surface area contributed by atoms with Crippen LogP contribution in [0.25, 0.3) is 0 Å². The van der Waals surface area contributed by atoms with E-state index in [2.05, 4.69) is 10.6 Å². The molecule has 1 aromatic rings. The average Bonchev–Trinajstić information content (AvgIpc) is 2.66. The van der Waals surface area contributed by atoms with Gasteiger partial charge in [0.15, 0.2) is 6.10 Å². The van der Waals surface area contributed by atoms with Crippen LogP contribution in [0.1, 0.15) is 33.6 Å². The Morgan fingerprint density at radius 1 is 1.11 bits per heavy atom. The molecule has 1 aliphatic heterocycles. The maximum Gasteiger partial charge on any atom is 0.321 e. The molecule has 0 aliphatic carbocycles. The average molecular weight is 375 g/mol. The van der Waals surface area contributed by atoms with Crippen molar-refractivity contribution in [2.45, 2.75) is 39.7 Å². The molecule has 2 N–H and O–H groups in total. The van der Waals surface area contributed by atoms with Crippen LogP contribution in [0.4, 0.5) is 10.5 Å². The number of benzene rings is 1. The molecule has 7 heteroatoms. The molecule has 7 nitrogen and oxygen atoms in total. The summed E-state index contributed by atoms with van der Waals surface area (Å²) in [5, 5.41) is 5.60. The number of anilines is 1. The molecule has 2 rings (SSSR count). The molecule has 0 unspecified atom stereocenters. The summed E-state index contributed by atoms with van der Waals surface area (Å²) in [6, 6.07) is 9.08. The highest BCUT2D eigenvalue weighted by molar-refractivity contribution is 5.89. The Kier molecular flexibility index (Phi) is 7.64. The monoisotopic (exact) mass is 375 g/mol. The molecular formula is C20H29N3O4. The van der Waals surface area contributed by atoms with Crippen LogP contribution in [0.3, 0.4) is 0 Å². The summed E-state index contributed by atoms with van der Waals surface area (Å²) in [7, 11) is 0. The molecule has 0 aromatic heterocycles. The number of rotatable bonds is 6. The lowest BCUT2D eigenvalue weighted by molar-refractivity contribution is -0.160. The van der Waals surface area contributed by atoms with Crippen molar-refractivity contribution in [3.63, 3.8) is 0 Å². The fourth-order valence-electron chi connectivity index (χ4n) is 2.81. The zero-order chi connectivity index (χ0) is 19.8. The first-order valence-electron chi connectivity index (χ1n) is 9.46. The number of ether oxygens (including phenoxy) is 1. The lowest BCUT2D eigenvalue weighted by Gasteiger charge is -2.31. The van der Waals surface area contributed by atoms with E-state index in [-0.39, 0.29) is 23.8 Å². The quantitative estimate of drug-likeness (QED) is 0.748. The molecular weight excluding hydrogens is 346 g/mol. The van der Waals surface area contributed by atoms with Gasteiger partial charge in [0.2, 0.25) is 0 Å². The van der Waals surface area contributed by atoms with Gasteiger partial charge in [0.1, 0.15) is 0 Å². The number of piperidine rings is 1. The van der Waals surface area contributed by atoms with Crippen LogP contribution in [0.5, 0.6) is 0 Å². The van der Waals surface area contributed by atoms with Gasteiger partial charge in [-0.3, -0.25) is 9.59 Å². The van der Waals surface area contributed by atoms with E-state index in [1.54, 1.807) is 11.8 Å². The van der Waals surface area contributed by atoms with Gasteiger partial charge in [0.05, 0.1) is 5.92 Å². The molecule has 1 aromatic carbocycles. The Morgan fingerprint density at radius 2 is 1.74 bits per heavy atom. The first kappa shape index (κ1) is 20.7. The van der Waals surface area contributed by atoms with E-state index < -0.39 is 6.10 Å². The van der Waals surface area contributed by atoms with E-state index in [4.69, 9.17) is 4.74 Å². The van der Waals surface area contributed by atoms with E-state index in [0.29, 0.717) is 38.4 Å². The molecule has 0 saturated carbocycles. The van der Waals surface area contributed by atoms with Crippen LogP contribution in [-0.2, 0) is 14.3 Å². The number of esters is 1. The summed E-state index contributed by atoms with van der Waals surface area (Å²) in [6.07, 6.45) is 0.249. The van der Waals surface area contributed by atoms with Crippen LogP contribution in [0.2, 0.25) is 0 Å². The number of hydrogen-bond acceptors (Lipinski definition) is 4. The van der Waals surface area contributed by atoms with Gasteiger partial charge < -0.3 is 20.3 Å². The number of carbonyl (C=O) groups excluding carboxylic acids is 3. The van der Waals surface area contributed by atoms with Crippen molar-refractivity contribution in [2.75, 3.05) is 25.0 Å². The maximum atomic E-state index is 12.3. The fraction of sp³-hybridized carbons (Fsp3) is 0.550. The molecule has 1 aliphatic rings. The number of para-hydroxylation sites is 1. The lowest BCUT2D eigenvalue weighted by atomic mass is 9.97. The second kappa shape index (κ2) is 9.94. The molecule has 0 spiro atoms. The number of nitrogens with one attached hydrogen (secondary N) is 2. The minimum Gasteiger partial charge on any atom is -0.452 e. The topological polar surface area (TPSA) is 87.7 Å². The molecule has 1 saturated heterocycles. The number of nitrogens with zero attached hydrogens (tertiary/aromatic N) is 1. The normalized spacial score (nSPS) is 15.9. The second-order valence-corrected chi connectivity index (χ2v) is 7.28. The van der Waals surface area contributed by atoms with E-state index in [1.807, 2.05) is 44.2 Å². The summed E-state index contributed by atoms with van der Waals surface area (Å²) in [5.74, 6) is -0.601. The van der Waals surface area contributed by atoms with Gasteiger partial charge >= 0.3 is 12.0 Å². The molecule has 0 radical (unpaired) electrons. The minimum atomic E-state index is -0.810. The van der Waals surface area contributed by atoms with Crippen LogP contribution < -0.4 is 10.6 Å². The smallest absolute Gasteiger partial charge is 0.321 e. The third kappa shape index (κ3) is 6.58. The molecule has 0 bridgehead atoms. The predicted molar refractivity (Wildman–Crippen MR) is 103 cm³/mol.